The van der Waals surface area contributed by atoms with Crippen molar-refractivity contribution >= 4 is 26.7 Å². The molecule has 2 heterocycles. The molecule has 5 heteroatoms. The first-order valence-corrected chi connectivity index (χ1v) is 7.30. The average molecular weight is 280 g/mol. The van der Waals surface area contributed by atoms with Crippen LogP contribution in [0, 0.1) is 5.82 Å². The summed E-state index contributed by atoms with van der Waals surface area (Å²) in [5.74, 6) is -0.239. The third-order valence-electron chi connectivity index (χ3n) is 3.37. The fraction of sp³-hybridized carbons (Fsp3) is 0.500. The lowest BCUT2D eigenvalue weighted by molar-refractivity contribution is -0.0553. The molecule has 0 aliphatic carbocycles. The number of rotatable bonds is 2. The molecule has 19 heavy (non-hydrogen) atoms. The van der Waals surface area contributed by atoms with Gasteiger partial charge in [0.25, 0.3) is 0 Å². The summed E-state index contributed by atoms with van der Waals surface area (Å²) in [6.07, 6.45) is 1.94. The van der Waals surface area contributed by atoms with Gasteiger partial charge in [-0.1, -0.05) is 11.3 Å². The van der Waals surface area contributed by atoms with Gasteiger partial charge in [0.2, 0.25) is 0 Å². The van der Waals surface area contributed by atoms with Gasteiger partial charge in [0.05, 0.1) is 15.8 Å². The summed E-state index contributed by atoms with van der Waals surface area (Å²) in [5, 5.41) is 4.31. The molecular formula is C14H17FN2OS. The number of benzene rings is 1. The highest BCUT2D eigenvalue weighted by Crippen LogP contribution is 2.30. The maximum Gasteiger partial charge on any atom is 0.184 e. The van der Waals surface area contributed by atoms with Crippen LogP contribution in [-0.2, 0) is 4.74 Å². The molecular weight excluding hydrogens is 263 g/mol. The van der Waals surface area contributed by atoms with Crippen molar-refractivity contribution < 1.29 is 9.13 Å². The van der Waals surface area contributed by atoms with Gasteiger partial charge in [-0.3, -0.25) is 0 Å². The second-order valence-corrected chi connectivity index (χ2v) is 6.60. The van der Waals surface area contributed by atoms with Crippen molar-refractivity contribution in [3.63, 3.8) is 0 Å². The van der Waals surface area contributed by atoms with Gasteiger partial charge < -0.3 is 10.1 Å². The van der Waals surface area contributed by atoms with E-state index in [1.54, 1.807) is 17.4 Å². The lowest BCUT2D eigenvalue weighted by Crippen LogP contribution is -2.40. The van der Waals surface area contributed by atoms with E-state index in [1.807, 2.05) is 0 Å². The number of aromatic nitrogens is 1. The number of nitrogens with zero attached hydrogens (tertiary/aromatic N) is 1. The standard InChI is InChI=1S/C14H17FN2OS/c1-14(2)8-10(5-6-18-14)16-13-17-11-7-9(15)3-4-12(11)19-13/h3-4,7,10H,5-6,8H2,1-2H3,(H,16,17). The normalized spacial score (nSPS) is 22.6. The summed E-state index contributed by atoms with van der Waals surface area (Å²) in [6.45, 7) is 4.98. The van der Waals surface area contributed by atoms with Gasteiger partial charge >= 0.3 is 0 Å². The molecule has 1 atom stereocenters. The Morgan fingerprint density at radius 1 is 1.47 bits per heavy atom. The van der Waals surface area contributed by atoms with Crippen LogP contribution in [-0.4, -0.2) is 23.2 Å². The molecule has 1 N–H and O–H groups in total. The van der Waals surface area contributed by atoms with Crippen LogP contribution in [0.2, 0.25) is 0 Å². The van der Waals surface area contributed by atoms with Crippen LogP contribution in [0.1, 0.15) is 26.7 Å². The summed E-state index contributed by atoms with van der Waals surface area (Å²) in [4.78, 5) is 4.44. The molecule has 0 saturated carbocycles. The number of ether oxygens (including phenoxy) is 1. The molecule has 0 bridgehead atoms. The Labute approximate surface area is 115 Å². The lowest BCUT2D eigenvalue weighted by Gasteiger charge is -2.35. The number of hydrogen-bond acceptors (Lipinski definition) is 4. The topological polar surface area (TPSA) is 34.2 Å². The van der Waals surface area contributed by atoms with Crippen LogP contribution in [0.3, 0.4) is 0 Å². The van der Waals surface area contributed by atoms with Crippen LogP contribution >= 0.6 is 11.3 Å². The second-order valence-electron chi connectivity index (χ2n) is 5.57. The van der Waals surface area contributed by atoms with E-state index in [2.05, 4.69) is 24.1 Å². The predicted octanol–water partition coefficient (Wildman–Crippen LogP) is 3.80. The minimum Gasteiger partial charge on any atom is -0.375 e. The third kappa shape index (κ3) is 2.87. The van der Waals surface area contributed by atoms with Gasteiger partial charge in [-0.2, -0.15) is 0 Å². The highest BCUT2D eigenvalue weighted by atomic mass is 32.1. The average Bonchev–Trinajstić information content (AvgIpc) is 2.68. The largest absolute Gasteiger partial charge is 0.375 e. The van der Waals surface area contributed by atoms with E-state index in [1.165, 1.54) is 12.1 Å². The van der Waals surface area contributed by atoms with Crippen molar-refractivity contribution in [3.8, 4) is 0 Å². The highest BCUT2D eigenvalue weighted by molar-refractivity contribution is 7.22. The van der Waals surface area contributed by atoms with E-state index in [-0.39, 0.29) is 11.4 Å². The Hall–Kier alpha value is -1.20. The fourth-order valence-electron chi connectivity index (χ4n) is 2.49. The Morgan fingerprint density at radius 2 is 2.32 bits per heavy atom. The Bertz CT molecular complexity index is 596. The van der Waals surface area contributed by atoms with Gasteiger partial charge in [0.1, 0.15) is 5.82 Å². The molecule has 2 aromatic rings. The first-order chi connectivity index (χ1) is 9.02. The third-order valence-corrected chi connectivity index (χ3v) is 4.34. The number of thiazole rings is 1. The molecule has 0 amide bonds. The maximum absolute atomic E-state index is 13.1. The van der Waals surface area contributed by atoms with Crippen molar-refractivity contribution in [1.29, 1.82) is 0 Å². The number of fused-ring (bicyclic) bond motifs is 1. The predicted molar refractivity (Wildman–Crippen MR) is 76.3 cm³/mol. The van der Waals surface area contributed by atoms with Crippen LogP contribution in [0.25, 0.3) is 10.2 Å². The molecule has 1 unspecified atom stereocenters. The molecule has 3 rings (SSSR count). The summed E-state index contributed by atoms with van der Waals surface area (Å²) < 4.78 is 19.8. The summed E-state index contributed by atoms with van der Waals surface area (Å²) in [6, 6.07) is 5.10. The van der Waals surface area contributed by atoms with Crippen molar-refractivity contribution in [1.82, 2.24) is 4.98 Å². The van der Waals surface area contributed by atoms with E-state index in [0.717, 1.165) is 34.8 Å². The Kier molecular flexibility index (Phi) is 3.19. The SMILES string of the molecule is CC1(C)CC(Nc2nc3cc(F)ccc3s2)CCO1. The van der Waals surface area contributed by atoms with Crippen molar-refractivity contribution in [3.05, 3.63) is 24.0 Å². The van der Waals surface area contributed by atoms with Crippen LogP contribution in [0.4, 0.5) is 9.52 Å². The number of halogens is 1. The first-order valence-electron chi connectivity index (χ1n) is 6.48. The van der Waals surface area contributed by atoms with Gasteiger partial charge in [-0.05, 0) is 38.8 Å². The molecule has 1 aliphatic rings. The number of hydrogen-bond donors (Lipinski definition) is 1. The van der Waals surface area contributed by atoms with E-state index >= 15 is 0 Å². The van der Waals surface area contributed by atoms with Crippen LogP contribution in [0.15, 0.2) is 18.2 Å². The Balaban J connectivity index is 1.77. The molecule has 0 radical (unpaired) electrons. The highest BCUT2D eigenvalue weighted by Gasteiger charge is 2.29. The monoisotopic (exact) mass is 280 g/mol. The number of nitrogens with one attached hydrogen (secondary N) is 1. The van der Waals surface area contributed by atoms with Gasteiger partial charge in [-0.15, -0.1) is 0 Å². The lowest BCUT2D eigenvalue weighted by atomic mass is 9.94. The smallest absolute Gasteiger partial charge is 0.184 e. The zero-order valence-electron chi connectivity index (χ0n) is 11.1. The quantitative estimate of drug-likeness (QED) is 0.908. The van der Waals surface area contributed by atoms with E-state index in [0.29, 0.717) is 6.04 Å². The molecule has 0 spiro atoms. The molecule has 1 aromatic heterocycles. The minimum atomic E-state index is -0.239. The minimum absolute atomic E-state index is 0.0846. The second kappa shape index (κ2) is 4.72. The first kappa shape index (κ1) is 12.8. The Morgan fingerprint density at radius 3 is 3.11 bits per heavy atom. The summed E-state index contributed by atoms with van der Waals surface area (Å²) in [7, 11) is 0. The molecule has 1 aromatic carbocycles. The fourth-order valence-corrected chi connectivity index (χ4v) is 3.42. The van der Waals surface area contributed by atoms with E-state index in [4.69, 9.17) is 4.74 Å². The maximum atomic E-state index is 13.1. The van der Waals surface area contributed by atoms with Crippen LogP contribution < -0.4 is 5.32 Å². The molecule has 3 nitrogen and oxygen atoms in total. The molecule has 1 saturated heterocycles. The molecule has 1 aliphatic heterocycles. The van der Waals surface area contributed by atoms with Gasteiger partial charge in [0, 0.05) is 18.7 Å². The summed E-state index contributed by atoms with van der Waals surface area (Å²) in [5.41, 5.74) is 0.637. The van der Waals surface area contributed by atoms with Gasteiger partial charge in [-0.25, -0.2) is 9.37 Å². The molecule has 1 fully saturated rings. The van der Waals surface area contributed by atoms with Gasteiger partial charge in [0.15, 0.2) is 5.13 Å². The van der Waals surface area contributed by atoms with E-state index < -0.39 is 0 Å². The molecule has 102 valence electrons. The van der Waals surface area contributed by atoms with E-state index in [9.17, 15) is 4.39 Å². The van der Waals surface area contributed by atoms with Crippen LogP contribution in [0.5, 0.6) is 0 Å². The zero-order valence-corrected chi connectivity index (χ0v) is 11.9. The van der Waals surface area contributed by atoms with Crippen molar-refractivity contribution in [2.75, 3.05) is 11.9 Å². The van der Waals surface area contributed by atoms with Crippen molar-refractivity contribution in [2.45, 2.75) is 38.3 Å². The van der Waals surface area contributed by atoms with Crippen molar-refractivity contribution in [2.24, 2.45) is 0 Å². The zero-order chi connectivity index (χ0) is 13.5. The number of anilines is 1. The summed E-state index contributed by atoms with van der Waals surface area (Å²) >= 11 is 1.57.